The molecule has 2 N–H and O–H groups in total. The number of guanidine groups is 1. The Hall–Kier alpha value is -0.610. The van der Waals surface area contributed by atoms with Gasteiger partial charge in [0.15, 0.2) is 5.96 Å². The Morgan fingerprint density at radius 2 is 1.90 bits per heavy atom. The Labute approximate surface area is 193 Å². The number of nitrogens with zero attached hydrogens (tertiary/aromatic N) is 2. The molecular formula is C21H41IN4O3. The summed E-state index contributed by atoms with van der Waals surface area (Å²) in [5.74, 6) is 0.995. The number of hydrogen-bond acceptors (Lipinski definition) is 4. The van der Waals surface area contributed by atoms with Gasteiger partial charge in [0.1, 0.15) is 0 Å². The predicted molar refractivity (Wildman–Crippen MR) is 128 cm³/mol. The second kappa shape index (κ2) is 13.6. The number of halogens is 1. The lowest BCUT2D eigenvalue weighted by atomic mass is 9.96. The molecule has 170 valence electrons. The topological polar surface area (TPSA) is 75.2 Å². The molecule has 0 spiro atoms. The van der Waals surface area contributed by atoms with Crippen molar-refractivity contribution in [3.05, 3.63) is 0 Å². The first-order chi connectivity index (χ1) is 13.4. The van der Waals surface area contributed by atoms with E-state index >= 15 is 0 Å². The quantitative estimate of drug-likeness (QED) is 0.232. The van der Waals surface area contributed by atoms with Crippen LogP contribution in [0.15, 0.2) is 4.99 Å². The molecule has 2 aliphatic rings. The summed E-state index contributed by atoms with van der Waals surface area (Å²) in [6.45, 7) is 13.3. The molecule has 0 saturated carbocycles. The van der Waals surface area contributed by atoms with E-state index < -0.39 is 0 Å². The molecule has 7 nitrogen and oxygen atoms in total. The molecule has 0 aliphatic carbocycles. The van der Waals surface area contributed by atoms with Crippen LogP contribution in [0, 0.1) is 5.41 Å². The number of likely N-dealkylation sites (tertiary alicyclic amines) is 1. The van der Waals surface area contributed by atoms with E-state index in [1.54, 1.807) is 0 Å². The fourth-order valence-corrected chi connectivity index (χ4v) is 3.44. The molecule has 2 fully saturated rings. The van der Waals surface area contributed by atoms with E-state index in [1.807, 2.05) is 20.8 Å². The lowest BCUT2D eigenvalue weighted by molar-refractivity contribution is -0.128. The van der Waals surface area contributed by atoms with Crippen molar-refractivity contribution in [2.45, 2.75) is 72.0 Å². The van der Waals surface area contributed by atoms with Gasteiger partial charge in [0, 0.05) is 38.2 Å². The fraction of sp³-hybridized carbons (Fsp3) is 0.905. The van der Waals surface area contributed by atoms with Crippen LogP contribution >= 0.6 is 24.0 Å². The van der Waals surface area contributed by atoms with Gasteiger partial charge < -0.3 is 25.0 Å². The van der Waals surface area contributed by atoms with Gasteiger partial charge >= 0.3 is 0 Å². The van der Waals surface area contributed by atoms with Crippen LogP contribution in [0.4, 0.5) is 0 Å². The Morgan fingerprint density at radius 1 is 1.17 bits per heavy atom. The predicted octanol–water partition coefficient (Wildman–Crippen LogP) is 2.78. The first-order valence-corrected chi connectivity index (χ1v) is 10.9. The van der Waals surface area contributed by atoms with Crippen LogP contribution in [-0.2, 0) is 14.3 Å². The largest absolute Gasteiger partial charge is 0.376 e. The van der Waals surface area contributed by atoms with Crippen LogP contribution in [0.3, 0.4) is 0 Å². The Balaban J connectivity index is 0.00000420. The molecule has 0 aromatic rings. The van der Waals surface area contributed by atoms with E-state index in [2.05, 4.69) is 22.5 Å². The second-order valence-electron chi connectivity index (χ2n) is 8.75. The number of ether oxygens (including phenoxy) is 2. The summed E-state index contributed by atoms with van der Waals surface area (Å²) in [4.78, 5) is 18.9. The van der Waals surface area contributed by atoms with Crippen LogP contribution < -0.4 is 10.6 Å². The first kappa shape index (κ1) is 26.4. The molecule has 2 rings (SSSR count). The highest BCUT2D eigenvalue weighted by Crippen LogP contribution is 2.18. The number of rotatable bonds is 7. The average Bonchev–Trinajstić information content (AvgIpc) is 2.69. The molecule has 0 aromatic heterocycles. The van der Waals surface area contributed by atoms with Crippen LogP contribution in [0.2, 0.25) is 0 Å². The summed E-state index contributed by atoms with van der Waals surface area (Å²) < 4.78 is 11.9. The minimum Gasteiger partial charge on any atom is -0.376 e. The molecule has 0 aromatic carbocycles. The number of amides is 1. The highest BCUT2D eigenvalue weighted by molar-refractivity contribution is 14.0. The van der Waals surface area contributed by atoms with Crippen LogP contribution in [0.25, 0.3) is 0 Å². The third kappa shape index (κ3) is 9.83. The maximum Gasteiger partial charge on any atom is 0.225 e. The summed E-state index contributed by atoms with van der Waals surface area (Å²) in [5.41, 5.74) is -0.362. The Kier molecular flexibility index (Phi) is 12.4. The number of nitrogens with one attached hydrogen (secondary N) is 2. The zero-order valence-corrected chi connectivity index (χ0v) is 21.0. The van der Waals surface area contributed by atoms with E-state index in [1.165, 1.54) is 12.8 Å². The van der Waals surface area contributed by atoms with Gasteiger partial charge in [-0.2, -0.15) is 0 Å². The van der Waals surface area contributed by atoms with Crippen molar-refractivity contribution in [2.75, 3.05) is 45.9 Å². The molecule has 29 heavy (non-hydrogen) atoms. The monoisotopic (exact) mass is 524 g/mol. The van der Waals surface area contributed by atoms with Crippen molar-refractivity contribution < 1.29 is 14.3 Å². The molecule has 1 amide bonds. The molecular weight excluding hydrogens is 483 g/mol. The van der Waals surface area contributed by atoms with Crippen molar-refractivity contribution >= 4 is 35.8 Å². The highest BCUT2D eigenvalue weighted by Gasteiger charge is 2.24. The molecule has 2 heterocycles. The van der Waals surface area contributed by atoms with Crippen molar-refractivity contribution in [2.24, 2.45) is 10.4 Å². The van der Waals surface area contributed by atoms with E-state index in [9.17, 15) is 4.79 Å². The molecule has 0 bridgehead atoms. The molecule has 2 aliphatic heterocycles. The molecule has 2 saturated heterocycles. The van der Waals surface area contributed by atoms with Gasteiger partial charge in [-0.15, -0.1) is 24.0 Å². The van der Waals surface area contributed by atoms with Gasteiger partial charge in [-0.25, -0.2) is 0 Å². The Morgan fingerprint density at radius 3 is 2.48 bits per heavy atom. The average molecular weight is 524 g/mol. The zero-order chi connectivity index (χ0) is 20.4. The minimum atomic E-state index is -0.362. The zero-order valence-electron chi connectivity index (χ0n) is 18.7. The third-order valence-corrected chi connectivity index (χ3v) is 5.21. The van der Waals surface area contributed by atoms with Gasteiger partial charge in [-0.05, 0) is 39.0 Å². The van der Waals surface area contributed by atoms with E-state index in [0.29, 0.717) is 19.2 Å². The summed E-state index contributed by atoms with van der Waals surface area (Å²) in [6.07, 6.45) is 6.19. The van der Waals surface area contributed by atoms with E-state index in [4.69, 9.17) is 14.5 Å². The van der Waals surface area contributed by atoms with Crippen molar-refractivity contribution in [1.29, 1.82) is 0 Å². The van der Waals surface area contributed by atoms with Crippen molar-refractivity contribution in [3.63, 3.8) is 0 Å². The van der Waals surface area contributed by atoms with Crippen molar-refractivity contribution in [3.8, 4) is 0 Å². The SMILES string of the molecule is CCNC(=NCCNC(=O)C(C)(C)C)N1CCC(OCC2CCCCO2)CC1.I. The van der Waals surface area contributed by atoms with Crippen molar-refractivity contribution in [1.82, 2.24) is 15.5 Å². The number of carbonyl (C=O) groups excluding carboxylic acids is 1. The normalized spacial score (nSPS) is 21.4. The molecule has 8 heteroatoms. The number of carbonyl (C=O) groups is 1. The third-order valence-electron chi connectivity index (χ3n) is 5.21. The molecule has 1 atom stereocenters. The van der Waals surface area contributed by atoms with E-state index in [-0.39, 0.29) is 41.4 Å². The maximum absolute atomic E-state index is 11.9. The van der Waals surface area contributed by atoms with Gasteiger partial charge in [-0.3, -0.25) is 9.79 Å². The Bertz CT molecular complexity index is 497. The summed E-state index contributed by atoms with van der Waals surface area (Å²) in [7, 11) is 0. The summed E-state index contributed by atoms with van der Waals surface area (Å²) >= 11 is 0. The van der Waals surface area contributed by atoms with Gasteiger partial charge in [0.2, 0.25) is 5.91 Å². The minimum absolute atomic E-state index is 0. The van der Waals surface area contributed by atoms with Crippen LogP contribution in [0.5, 0.6) is 0 Å². The summed E-state index contributed by atoms with van der Waals surface area (Å²) in [6, 6.07) is 0. The molecule has 1 unspecified atom stereocenters. The van der Waals surface area contributed by atoms with Crippen LogP contribution in [0.1, 0.15) is 59.8 Å². The highest BCUT2D eigenvalue weighted by atomic mass is 127. The number of piperidine rings is 1. The standard InChI is InChI=1S/C21H40N4O3.HI/c1-5-22-20(24-12-11-23-19(26)21(2,3)4)25-13-9-17(10-14-25)28-16-18-8-6-7-15-27-18;/h17-18H,5-16H2,1-4H3,(H,22,24)(H,23,26);1H. The van der Waals surface area contributed by atoms with E-state index in [0.717, 1.165) is 58.1 Å². The number of hydrogen-bond donors (Lipinski definition) is 2. The second-order valence-corrected chi connectivity index (χ2v) is 8.75. The first-order valence-electron chi connectivity index (χ1n) is 10.9. The lowest BCUT2D eigenvalue weighted by Crippen LogP contribution is -2.47. The fourth-order valence-electron chi connectivity index (χ4n) is 3.44. The van der Waals surface area contributed by atoms with Gasteiger partial charge in [0.25, 0.3) is 0 Å². The smallest absolute Gasteiger partial charge is 0.225 e. The maximum atomic E-state index is 11.9. The lowest BCUT2D eigenvalue weighted by Gasteiger charge is -2.35. The number of aliphatic imine (C=N–C) groups is 1. The van der Waals surface area contributed by atoms with Gasteiger partial charge in [-0.1, -0.05) is 20.8 Å². The summed E-state index contributed by atoms with van der Waals surface area (Å²) in [5, 5.41) is 6.33. The van der Waals surface area contributed by atoms with Gasteiger partial charge in [0.05, 0.1) is 25.4 Å². The molecule has 0 radical (unpaired) electrons. The van der Waals surface area contributed by atoms with Crippen LogP contribution in [-0.4, -0.2) is 74.9 Å².